The van der Waals surface area contributed by atoms with Crippen molar-refractivity contribution in [2.75, 3.05) is 0 Å². The summed E-state index contributed by atoms with van der Waals surface area (Å²) >= 11 is 1.74. The molecule has 0 aromatic carbocycles. The average molecular weight is 236 g/mol. The van der Waals surface area contributed by atoms with E-state index < -0.39 is 0 Å². The van der Waals surface area contributed by atoms with Gasteiger partial charge in [0.1, 0.15) is 16.5 Å². The SMILES string of the molecule is Cc1cc(CNCc2ncc(C)s2)c(C)o1. The molecule has 1 N–H and O–H groups in total. The van der Waals surface area contributed by atoms with E-state index in [9.17, 15) is 0 Å². The Bertz CT molecular complexity index is 473. The second-order valence-corrected chi connectivity index (χ2v) is 5.23. The number of thiazole rings is 1. The van der Waals surface area contributed by atoms with Crippen molar-refractivity contribution in [1.29, 1.82) is 0 Å². The Morgan fingerprint density at radius 3 is 2.69 bits per heavy atom. The molecule has 0 saturated carbocycles. The third-order valence-corrected chi connectivity index (χ3v) is 3.32. The molecule has 4 heteroatoms. The summed E-state index contributed by atoms with van der Waals surface area (Å²) in [5.74, 6) is 1.97. The molecule has 0 fully saturated rings. The highest BCUT2D eigenvalue weighted by atomic mass is 32.1. The molecule has 0 amide bonds. The van der Waals surface area contributed by atoms with Gasteiger partial charge in [0.2, 0.25) is 0 Å². The van der Waals surface area contributed by atoms with Crippen LogP contribution in [0.3, 0.4) is 0 Å². The molecule has 16 heavy (non-hydrogen) atoms. The van der Waals surface area contributed by atoms with Crippen molar-refractivity contribution >= 4 is 11.3 Å². The normalized spacial score (nSPS) is 10.9. The van der Waals surface area contributed by atoms with Crippen molar-refractivity contribution in [2.24, 2.45) is 0 Å². The second-order valence-electron chi connectivity index (χ2n) is 3.91. The average Bonchev–Trinajstić information content (AvgIpc) is 2.74. The summed E-state index contributed by atoms with van der Waals surface area (Å²) in [4.78, 5) is 5.56. The zero-order chi connectivity index (χ0) is 11.5. The molecule has 0 saturated heterocycles. The smallest absolute Gasteiger partial charge is 0.107 e. The molecule has 2 aromatic rings. The third kappa shape index (κ3) is 2.71. The predicted octanol–water partition coefficient (Wildman–Crippen LogP) is 2.95. The maximum Gasteiger partial charge on any atom is 0.107 e. The van der Waals surface area contributed by atoms with E-state index in [1.165, 1.54) is 10.4 Å². The Morgan fingerprint density at radius 1 is 1.31 bits per heavy atom. The Kier molecular flexibility index (Phi) is 3.41. The van der Waals surface area contributed by atoms with Crippen LogP contribution in [0, 0.1) is 20.8 Å². The van der Waals surface area contributed by atoms with Gasteiger partial charge >= 0.3 is 0 Å². The summed E-state index contributed by atoms with van der Waals surface area (Å²) in [6, 6.07) is 2.08. The number of aromatic nitrogens is 1. The first kappa shape index (κ1) is 11.4. The largest absolute Gasteiger partial charge is 0.466 e. The van der Waals surface area contributed by atoms with Crippen LogP contribution >= 0.6 is 11.3 Å². The van der Waals surface area contributed by atoms with E-state index in [1.807, 2.05) is 20.0 Å². The van der Waals surface area contributed by atoms with Crippen LogP contribution in [0.15, 0.2) is 16.7 Å². The van der Waals surface area contributed by atoms with Crippen LogP contribution in [0.2, 0.25) is 0 Å². The van der Waals surface area contributed by atoms with Gasteiger partial charge in [0.05, 0.1) is 0 Å². The van der Waals surface area contributed by atoms with E-state index in [0.29, 0.717) is 0 Å². The number of hydrogen-bond acceptors (Lipinski definition) is 4. The van der Waals surface area contributed by atoms with Gasteiger partial charge in [0.25, 0.3) is 0 Å². The minimum absolute atomic E-state index is 0.822. The van der Waals surface area contributed by atoms with Gasteiger partial charge < -0.3 is 9.73 Å². The molecule has 0 radical (unpaired) electrons. The van der Waals surface area contributed by atoms with Crippen molar-refractivity contribution in [3.8, 4) is 0 Å². The van der Waals surface area contributed by atoms with Crippen molar-refractivity contribution in [3.05, 3.63) is 39.2 Å². The number of hydrogen-bond donors (Lipinski definition) is 1. The van der Waals surface area contributed by atoms with Crippen LogP contribution in [0.1, 0.15) is 27.0 Å². The Labute approximate surface area is 99.5 Å². The van der Waals surface area contributed by atoms with E-state index in [-0.39, 0.29) is 0 Å². The minimum Gasteiger partial charge on any atom is -0.466 e. The first-order valence-electron chi connectivity index (χ1n) is 5.33. The Hall–Kier alpha value is -1.13. The molecule has 0 unspecified atom stereocenters. The number of rotatable bonds is 4. The van der Waals surface area contributed by atoms with Crippen LogP contribution in [-0.4, -0.2) is 4.98 Å². The third-order valence-electron chi connectivity index (χ3n) is 2.40. The molecule has 2 rings (SSSR count). The molecule has 0 spiro atoms. The van der Waals surface area contributed by atoms with Gasteiger partial charge in [0, 0.05) is 29.7 Å². The zero-order valence-corrected chi connectivity index (χ0v) is 10.6. The Morgan fingerprint density at radius 2 is 2.12 bits per heavy atom. The molecule has 0 bridgehead atoms. The molecule has 0 aliphatic heterocycles. The number of furan rings is 1. The predicted molar refractivity (Wildman–Crippen MR) is 65.6 cm³/mol. The van der Waals surface area contributed by atoms with E-state index in [4.69, 9.17) is 4.42 Å². The monoisotopic (exact) mass is 236 g/mol. The highest BCUT2D eigenvalue weighted by molar-refractivity contribution is 7.11. The summed E-state index contributed by atoms with van der Waals surface area (Å²) in [5.41, 5.74) is 1.23. The van der Waals surface area contributed by atoms with Crippen molar-refractivity contribution < 1.29 is 4.42 Å². The molecular formula is C12H16N2OS. The van der Waals surface area contributed by atoms with Crippen LogP contribution in [0.5, 0.6) is 0 Å². The van der Waals surface area contributed by atoms with Crippen LogP contribution in [0.25, 0.3) is 0 Å². The molecule has 86 valence electrons. The van der Waals surface area contributed by atoms with Crippen LogP contribution < -0.4 is 5.32 Å². The minimum atomic E-state index is 0.822. The maximum absolute atomic E-state index is 5.47. The summed E-state index contributed by atoms with van der Waals surface area (Å²) in [6.07, 6.45) is 1.91. The van der Waals surface area contributed by atoms with Gasteiger partial charge in [-0.2, -0.15) is 0 Å². The number of nitrogens with one attached hydrogen (secondary N) is 1. The lowest BCUT2D eigenvalue weighted by Gasteiger charge is -2.00. The van der Waals surface area contributed by atoms with Gasteiger partial charge in [-0.05, 0) is 26.8 Å². The van der Waals surface area contributed by atoms with Gasteiger partial charge in [0.15, 0.2) is 0 Å². The zero-order valence-electron chi connectivity index (χ0n) is 9.83. The fourth-order valence-electron chi connectivity index (χ4n) is 1.65. The fraction of sp³-hybridized carbons (Fsp3) is 0.417. The van der Waals surface area contributed by atoms with Gasteiger partial charge in [-0.1, -0.05) is 0 Å². The fourth-order valence-corrected chi connectivity index (χ4v) is 2.40. The standard InChI is InChI=1S/C12H16N2OS/c1-8-4-11(10(3)15-8)6-13-7-12-14-5-9(2)16-12/h4-5,13H,6-7H2,1-3H3. The van der Waals surface area contributed by atoms with Crippen molar-refractivity contribution in [1.82, 2.24) is 10.3 Å². The van der Waals surface area contributed by atoms with E-state index >= 15 is 0 Å². The number of nitrogens with zero attached hydrogens (tertiary/aromatic N) is 1. The second kappa shape index (κ2) is 4.80. The molecule has 3 nitrogen and oxygen atoms in total. The first-order chi connectivity index (χ1) is 7.65. The van der Waals surface area contributed by atoms with Gasteiger partial charge in [-0.15, -0.1) is 11.3 Å². The molecule has 0 aliphatic rings. The molecule has 0 aliphatic carbocycles. The summed E-state index contributed by atoms with van der Waals surface area (Å²) in [5, 5.41) is 4.51. The highest BCUT2D eigenvalue weighted by Crippen LogP contribution is 2.14. The van der Waals surface area contributed by atoms with E-state index in [2.05, 4.69) is 23.3 Å². The van der Waals surface area contributed by atoms with Crippen molar-refractivity contribution in [3.63, 3.8) is 0 Å². The van der Waals surface area contributed by atoms with E-state index in [1.54, 1.807) is 11.3 Å². The summed E-state index contributed by atoms with van der Waals surface area (Å²) in [7, 11) is 0. The van der Waals surface area contributed by atoms with Crippen molar-refractivity contribution in [2.45, 2.75) is 33.9 Å². The topological polar surface area (TPSA) is 38.1 Å². The lowest BCUT2D eigenvalue weighted by atomic mass is 10.2. The van der Waals surface area contributed by atoms with Gasteiger partial charge in [-0.25, -0.2) is 4.98 Å². The molecular weight excluding hydrogens is 220 g/mol. The van der Waals surface area contributed by atoms with Crippen LogP contribution in [0.4, 0.5) is 0 Å². The Balaban J connectivity index is 1.86. The van der Waals surface area contributed by atoms with Crippen LogP contribution in [-0.2, 0) is 13.1 Å². The summed E-state index contributed by atoms with van der Waals surface area (Å²) < 4.78 is 5.47. The van der Waals surface area contributed by atoms with E-state index in [0.717, 1.165) is 29.6 Å². The lowest BCUT2D eigenvalue weighted by Crippen LogP contribution is -2.12. The van der Waals surface area contributed by atoms with Gasteiger partial charge in [-0.3, -0.25) is 0 Å². The maximum atomic E-state index is 5.47. The first-order valence-corrected chi connectivity index (χ1v) is 6.15. The molecule has 0 atom stereocenters. The summed E-state index contributed by atoms with van der Waals surface area (Å²) in [6.45, 7) is 7.70. The molecule has 2 heterocycles. The number of aryl methyl sites for hydroxylation is 3. The lowest BCUT2D eigenvalue weighted by molar-refractivity contribution is 0.499. The molecule has 2 aromatic heterocycles. The highest BCUT2D eigenvalue weighted by Gasteiger charge is 2.04. The quantitative estimate of drug-likeness (QED) is 0.887.